The number of nitrogens with zero attached hydrogens (tertiary/aromatic N) is 1. The van der Waals surface area contributed by atoms with Crippen LogP contribution in [0.4, 0.5) is 10.5 Å². The summed E-state index contributed by atoms with van der Waals surface area (Å²) >= 11 is 0. The van der Waals surface area contributed by atoms with Gasteiger partial charge in [0.1, 0.15) is 17.7 Å². The van der Waals surface area contributed by atoms with Gasteiger partial charge in [0.2, 0.25) is 11.8 Å². The van der Waals surface area contributed by atoms with Crippen LogP contribution in [0.5, 0.6) is 0 Å². The summed E-state index contributed by atoms with van der Waals surface area (Å²) in [4.78, 5) is 54.0. The van der Waals surface area contributed by atoms with Gasteiger partial charge in [0.05, 0.1) is 6.42 Å². The van der Waals surface area contributed by atoms with E-state index in [4.69, 9.17) is 10.5 Å². The molecule has 2 atom stereocenters. The summed E-state index contributed by atoms with van der Waals surface area (Å²) in [6.07, 6.45) is -1.33. The van der Waals surface area contributed by atoms with Gasteiger partial charge >= 0.3 is 6.09 Å². The van der Waals surface area contributed by atoms with Crippen LogP contribution in [0.3, 0.4) is 0 Å². The SMILES string of the molecule is Cc1ccc(C(C(=O)Nc2c(C)cccc2C)N(C(=O)C(CC(N)=O)NC(=O)OC(C)(C)C)C(C)C)c(C)c1. The van der Waals surface area contributed by atoms with Crippen molar-refractivity contribution in [3.05, 3.63) is 64.2 Å². The largest absolute Gasteiger partial charge is 0.444 e. The maximum absolute atomic E-state index is 14.1. The molecule has 212 valence electrons. The number of nitrogens with two attached hydrogens (primary N) is 1. The Hall–Kier alpha value is -3.88. The van der Waals surface area contributed by atoms with Gasteiger partial charge in [-0.05, 0) is 84.6 Å². The molecular weight excluding hydrogens is 496 g/mol. The number of hydrogen-bond donors (Lipinski definition) is 3. The molecule has 0 heterocycles. The Kier molecular flexibility index (Phi) is 10.3. The van der Waals surface area contributed by atoms with Gasteiger partial charge in [0.25, 0.3) is 5.91 Å². The van der Waals surface area contributed by atoms with E-state index in [0.717, 1.165) is 22.3 Å². The van der Waals surface area contributed by atoms with Crippen LogP contribution >= 0.6 is 0 Å². The number of carbonyl (C=O) groups excluding carboxylic acids is 4. The number of ether oxygens (including phenoxy) is 1. The van der Waals surface area contributed by atoms with E-state index in [1.54, 1.807) is 34.6 Å². The van der Waals surface area contributed by atoms with Gasteiger partial charge in [0.15, 0.2) is 0 Å². The number of primary amides is 1. The summed E-state index contributed by atoms with van der Waals surface area (Å²) in [5.41, 5.74) is 9.50. The molecule has 0 aromatic heterocycles. The lowest BCUT2D eigenvalue weighted by Gasteiger charge is -2.37. The molecule has 9 heteroatoms. The first-order valence-corrected chi connectivity index (χ1v) is 13.1. The van der Waals surface area contributed by atoms with Crippen LogP contribution in [-0.4, -0.2) is 46.4 Å². The number of benzene rings is 2. The van der Waals surface area contributed by atoms with Crippen LogP contribution < -0.4 is 16.4 Å². The molecule has 0 fully saturated rings. The Bertz CT molecular complexity index is 1210. The van der Waals surface area contributed by atoms with Gasteiger partial charge in [-0.15, -0.1) is 0 Å². The molecule has 4 N–H and O–H groups in total. The first-order valence-electron chi connectivity index (χ1n) is 13.1. The number of carbonyl (C=O) groups is 4. The molecule has 0 saturated carbocycles. The molecule has 2 unspecified atom stereocenters. The summed E-state index contributed by atoms with van der Waals surface area (Å²) in [5, 5.41) is 5.52. The van der Waals surface area contributed by atoms with Crippen LogP contribution in [-0.2, 0) is 19.1 Å². The van der Waals surface area contributed by atoms with E-state index in [2.05, 4.69) is 10.6 Å². The van der Waals surface area contributed by atoms with Gasteiger partial charge in [-0.25, -0.2) is 4.79 Å². The number of hydrogen-bond acceptors (Lipinski definition) is 5. The Labute approximate surface area is 231 Å². The van der Waals surface area contributed by atoms with Gasteiger partial charge in [-0.2, -0.15) is 0 Å². The third kappa shape index (κ3) is 8.56. The second-order valence-corrected chi connectivity index (χ2v) is 11.2. The van der Waals surface area contributed by atoms with Crippen molar-refractivity contribution in [2.24, 2.45) is 5.73 Å². The second-order valence-electron chi connectivity index (χ2n) is 11.2. The number of para-hydroxylation sites is 1. The zero-order chi connectivity index (χ0) is 29.7. The minimum Gasteiger partial charge on any atom is -0.444 e. The summed E-state index contributed by atoms with van der Waals surface area (Å²) in [5.74, 6) is -1.83. The van der Waals surface area contributed by atoms with Crippen molar-refractivity contribution in [2.75, 3.05) is 5.32 Å². The van der Waals surface area contributed by atoms with E-state index in [0.29, 0.717) is 11.3 Å². The summed E-state index contributed by atoms with van der Waals surface area (Å²) in [6, 6.07) is 8.47. The number of rotatable bonds is 9. The Morgan fingerprint density at radius 1 is 0.949 bits per heavy atom. The molecule has 2 aromatic carbocycles. The van der Waals surface area contributed by atoms with Crippen molar-refractivity contribution in [2.45, 2.75) is 92.5 Å². The summed E-state index contributed by atoms with van der Waals surface area (Å²) < 4.78 is 5.32. The monoisotopic (exact) mass is 538 g/mol. The number of anilines is 1. The smallest absolute Gasteiger partial charge is 0.408 e. The van der Waals surface area contributed by atoms with Crippen molar-refractivity contribution in [1.29, 1.82) is 0 Å². The molecule has 39 heavy (non-hydrogen) atoms. The van der Waals surface area contributed by atoms with Crippen LogP contribution in [0.15, 0.2) is 36.4 Å². The van der Waals surface area contributed by atoms with Crippen molar-refractivity contribution in [3.63, 3.8) is 0 Å². The fourth-order valence-electron chi connectivity index (χ4n) is 4.46. The van der Waals surface area contributed by atoms with Gasteiger partial charge < -0.3 is 26.0 Å². The van der Waals surface area contributed by atoms with Crippen LogP contribution in [0.1, 0.15) is 74.9 Å². The molecular formula is C30H42N4O5. The highest BCUT2D eigenvalue weighted by Gasteiger charge is 2.39. The van der Waals surface area contributed by atoms with E-state index in [1.165, 1.54) is 4.90 Å². The normalized spacial score (nSPS) is 12.9. The zero-order valence-corrected chi connectivity index (χ0v) is 24.5. The number of amides is 4. The maximum atomic E-state index is 14.1. The van der Waals surface area contributed by atoms with Gasteiger partial charge in [-0.1, -0.05) is 42.0 Å². The predicted molar refractivity (Wildman–Crippen MR) is 152 cm³/mol. The molecule has 9 nitrogen and oxygen atoms in total. The van der Waals surface area contributed by atoms with Gasteiger partial charge in [-0.3, -0.25) is 14.4 Å². The molecule has 0 aliphatic rings. The molecule has 2 aromatic rings. The number of nitrogens with one attached hydrogen (secondary N) is 2. The van der Waals surface area contributed by atoms with E-state index in [-0.39, 0.29) is 0 Å². The average Bonchev–Trinajstić information content (AvgIpc) is 2.77. The zero-order valence-electron chi connectivity index (χ0n) is 24.5. The second kappa shape index (κ2) is 12.8. The quantitative estimate of drug-likeness (QED) is 0.429. The third-order valence-corrected chi connectivity index (χ3v) is 6.18. The molecule has 0 bridgehead atoms. The van der Waals surface area contributed by atoms with E-state index >= 15 is 0 Å². The van der Waals surface area contributed by atoms with Crippen LogP contribution in [0, 0.1) is 27.7 Å². The Morgan fingerprint density at radius 2 is 1.54 bits per heavy atom. The molecule has 0 spiro atoms. The van der Waals surface area contributed by atoms with Crippen molar-refractivity contribution < 1.29 is 23.9 Å². The molecule has 0 radical (unpaired) electrons. The third-order valence-electron chi connectivity index (χ3n) is 6.18. The lowest BCUT2D eigenvalue weighted by atomic mass is 9.95. The molecule has 0 aliphatic heterocycles. The van der Waals surface area contributed by atoms with Crippen LogP contribution in [0.2, 0.25) is 0 Å². The van der Waals surface area contributed by atoms with Crippen molar-refractivity contribution in [3.8, 4) is 0 Å². The lowest BCUT2D eigenvalue weighted by Crippen LogP contribution is -2.55. The highest BCUT2D eigenvalue weighted by Crippen LogP contribution is 2.31. The van der Waals surface area contributed by atoms with Crippen molar-refractivity contribution >= 4 is 29.5 Å². The predicted octanol–water partition coefficient (Wildman–Crippen LogP) is 4.61. The summed E-state index contributed by atoms with van der Waals surface area (Å²) in [7, 11) is 0. The summed E-state index contributed by atoms with van der Waals surface area (Å²) in [6.45, 7) is 16.2. The Morgan fingerprint density at radius 3 is 2.03 bits per heavy atom. The standard InChI is InChI=1S/C30H42N4O5/c1-17(2)34(28(37)23(16-24(31)35)32-29(38)39-30(7,8)9)26(22-14-13-18(3)15-21(22)6)27(36)33-25-19(4)11-10-12-20(25)5/h10-15,17,23,26H,16H2,1-9H3,(H2,31,35)(H,32,38)(H,33,36). The first kappa shape index (κ1) is 31.3. The van der Waals surface area contributed by atoms with E-state index < -0.39 is 54.0 Å². The van der Waals surface area contributed by atoms with Crippen LogP contribution in [0.25, 0.3) is 0 Å². The lowest BCUT2D eigenvalue weighted by molar-refractivity contribution is -0.143. The molecule has 2 rings (SSSR count). The molecule has 0 aliphatic carbocycles. The minimum atomic E-state index is -1.33. The maximum Gasteiger partial charge on any atom is 0.408 e. The Balaban J connectivity index is 2.62. The number of alkyl carbamates (subject to hydrolysis) is 1. The fraction of sp³-hybridized carbons (Fsp3) is 0.467. The van der Waals surface area contributed by atoms with E-state index in [9.17, 15) is 19.2 Å². The average molecular weight is 539 g/mol. The van der Waals surface area contributed by atoms with Gasteiger partial charge in [0, 0.05) is 11.7 Å². The molecule has 4 amide bonds. The highest BCUT2D eigenvalue weighted by molar-refractivity contribution is 6.00. The molecule has 0 saturated heterocycles. The fourth-order valence-corrected chi connectivity index (χ4v) is 4.46. The minimum absolute atomic E-state index is 0.420. The van der Waals surface area contributed by atoms with Crippen molar-refractivity contribution in [1.82, 2.24) is 10.2 Å². The van der Waals surface area contributed by atoms with E-state index in [1.807, 2.05) is 64.1 Å². The first-order chi connectivity index (χ1) is 18.0. The number of aryl methyl sites for hydroxylation is 4. The topological polar surface area (TPSA) is 131 Å². The highest BCUT2D eigenvalue weighted by atomic mass is 16.6.